The van der Waals surface area contributed by atoms with Crippen LogP contribution in [-0.4, -0.2) is 29.7 Å². The second kappa shape index (κ2) is 4.30. The molecule has 0 aliphatic carbocycles. The third-order valence-electron chi connectivity index (χ3n) is 2.02. The first-order chi connectivity index (χ1) is 6.47. The van der Waals surface area contributed by atoms with Crippen LogP contribution in [0.15, 0.2) is 18.5 Å². The van der Waals surface area contributed by atoms with Crippen molar-refractivity contribution in [2.75, 3.05) is 19.7 Å². The molecular weight excluding hydrogens is 166 g/mol. The first kappa shape index (κ1) is 8.59. The third kappa shape index (κ3) is 2.23. The largest absolute Gasteiger partial charge is 0.369 e. The molecule has 1 aliphatic heterocycles. The molecule has 4 nitrogen and oxygen atoms in total. The maximum atomic E-state index is 5.60. The molecule has 1 aliphatic rings. The molecule has 0 spiro atoms. The Labute approximate surface area is 77.4 Å². The van der Waals surface area contributed by atoms with Crippen molar-refractivity contribution < 1.29 is 4.74 Å². The van der Waals surface area contributed by atoms with Crippen molar-refractivity contribution in [3.8, 4) is 0 Å². The van der Waals surface area contributed by atoms with Crippen molar-refractivity contribution >= 4 is 0 Å². The number of aromatic nitrogens is 2. The second-order valence-corrected chi connectivity index (χ2v) is 3.02. The summed E-state index contributed by atoms with van der Waals surface area (Å²) >= 11 is 0. The van der Waals surface area contributed by atoms with Crippen LogP contribution in [0.2, 0.25) is 0 Å². The fourth-order valence-corrected chi connectivity index (χ4v) is 1.36. The van der Waals surface area contributed by atoms with Gasteiger partial charge >= 0.3 is 0 Å². The van der Waals surface area contributed by atoms with Crippen molar-refractivity contribution in [1.29, 1.82) is 0 Å². The van der Waals surface area contributed by atoms with E-state index >= 15 is 0 Å². The summed E-state index contributed by atoms with van der Waals surface area (Å²) in [6.45, 7) is 2.61. The van der Waals surface area contributed by atoms with Gasteiger partial charge in [-0.05, 0) is 19.0 Å². The summed E-state index contributed by atoms with van der Waals surface area (Å²) in [6, 6.07) is 1.81. The van der Waals surface area contributed by atoms with Gasteiger partial charge in [-0.3, -0.25) is 0 Å². The van der Waals surface area contributed by atoms with Crippen LogP contribution in [0, 0.1) is 0 Å². The van der Waals surface area contributed by atoms with Gasteiger partial charge in [0.2, 0.25) is 0 Å². The van der Waals surface area contributed by atoms with Gasteiger partial charge in [0, 0.05) is 25.5 Å². The maximum absolute atomic E-state index is 5.60. The van der Waals surface area contributed by atoms with Crippen LogP contribution in [-0.2, 0) is 4.74 Å². The summed E-state index contributed by atoms with van der Waals surface area (Å²) in [5.74, 6) is 0.775. The minimum Gasteiger partial charge on any atom is -0.369 e. The molecule has 0 bridgehead atoms. The molecule has 1 saturated heterocycles. The lowest BCUT2D eigenvalue weighted by atomic mass is 10.3. The molecule has 13 heavy (non-hydrogen) atoms. The van der Waals surface area contributed by atoms with E-state index < -0.39 is 0 Å². The fraction of sp³-hybridized carbons (Fsp3) is 0.556. The quantitative estimate of drug-likeness (QED) is 0.683. The molecule has 2 rings (SSSR count). The van der Waals surface area contributed by atoms with Crippen molar-refractivity contribution in [2.45, 2.75) is 12.5 Å². The van der Waals surface area contributed by atoms with Crippen molar-refractivity contribution in [1.82, 2.24) is 15.3 Å². The van der Waals surface area contributed by atoms with Gasteiger partial charge in [0.1, 0.15) is 6.10 Å². The van der Waals surface area contributed by atoms with E-state index in [4.69, 9.17) is 4.74 Å². The lowest BCUT2D eigenvalue weighted by molar-refractivity contribution is 0.0607. The van der Waals surface area contributed by atoms with Crippen LogP contribution in [0.25, 0.3) is 0 Å². The summed E-state index contributed by atoms with van der Waals surface area (Å²) in [5.41, 5.74) is 0. The molecule has 1 aromatic heterocycles. The van der Waals surface area contributed by atoms with Crippen LogP contribution in [0.4, 0.5) is 0 Å². The first-order valence-corrected chi connectivity index (χ1v) is 4.56. The van der Waals surface area contributed by atoms with Gasteiger partial charge in [-0.1, -0.05) is 0 Å². The van der Waals surface area contributed by atoms with E-state index in [-0.39, 0.29) is 6.10 Å². The highest BCUT2D eigenvalue weighted by atomic mass is 16.5. The molecule has 1 atom stereocenters. The average Bonchev–Trinajstić information content (AvgIpc) is 2.47. The molecule has 4 heteroatoms. The van der Waals surface area contributed by atoms with Gasteiger partial charge in [0.25, 0.3) is 0 Å². The predicted molar refractivity (Wildman–Crippen MR) is 48.2 cm³/mol. The van der Waals surface area contributed by atoms with Crippen molar-refractivity contribution in [3.63, 3.8) is 0 Å². The number of rotatable bonds is 1. The molecule has 1 unspecified atom stereocenters. The SMILES string of the molecule is c1cnc(C2CNCCCO2)nc1. The highest BCUT2D eigenvalue weighted by molar-refractivity contribution is 4.94. The molecule has 0 aromatic carbocycles. The lowest BCUT2D eigenvalue weighted by Gasteiger charge is -2.12. The van der Waals surface area contributed by atoms with E-state index in [0.717, 1.165) is 31.9 Å². The summed E-state index contributed by atoms with van der Waals surface area (Å²) in [7, 11) is 0. The van der Waals surface area contributed by atoms with Crippen LogP contribution in [0.1, 0.15) is 18.3 Å². The molecule has 2 heterocycles. The van der Waals surface area contributed by atoms with Crippen LogP contribution in [0.5, 0.6) is 0 Å². The minimum absolute atomic E-state index is 0.0173. The van der Waals surface area contributed by atoms with Gasteiger partial charge in [-0.15, -0.1) is 0 Å². The van der Waals surface area contributed by atoms with Crippen molar-refractivity contribution in [3.05, 3.63) is 24.3 Å². The van der Waals surface area contributed by atoms with E-state index in [1.54, 1.807) is 12.4 Å². The number of nitrogens with one attached hydrogen (secondary N) is 1. The fourth-order valence-electron chi connectivity index (χ4n) is 1.36. The van der Waals surface area contributed by atoms with Crippen LogP contribution in [0.3, 0.4) is 0 Å². The number of ether oxygens (including phenoxy) is 1. The monoisotopic (exact) mass is 179 g/mol. The summed E-state index contributed by atoms with van der Waals surface area (Å²) in [5, 5.41) is 3.29. The normalized spacial score (nSPS) is 23.8. The van der Waals surface area contributed by atoms with Gasteiger partial charge in [-0.2, -0.15) is 0 Å². The Kier molecular flexibility index (Phi) is 2.84. The standard InChI is InChI=1S/C9H13N3O/c1-4-11-9(12-5-1)8-7-10-3-2-6-13-8/h1,4-5,8,10H,2-3,6-7H2. The number of nitrogens with zero attached hydrogens (tertiary/aromatic N) is 2. The predicted octanol–water partition coefficient (Wildman–Crippen LogP) is 0.528. The van der Waals surface area contributed by atoms with Gasteiger partial charge in [0.05, 0.1) is 0 Å². The van der Waals surface area contributed by atoms with E-state index in [2.05, 4.69) is 15.3 Å². The number of hydrogen-bond donors (Lipinski definition) is 1. The van der Waals surface area contributed by atoms with E-state index in [9.17, 15) is 0 Å². The highest BCUT2D eigenvalue weighted by Gasteiger charge is 2.16. The lowest BCUT2D eigenvalue weighted by Crippen LogP contribution is -2.21. The molecular formula is C9H13N3O. The molecule has 0 saturated carbocycles. The zero-order valence-corrected chi connectivity index (χ0v) is 7.44. The Balaban J connectivity index is 2.06. The Morgan fingerprint density at radius 3 is 3.08 bits per heavy atom. The van der Waals surface area contributed by atoms with Crippen LogP contribution < -0.4 is 5.32 Å². The highest BCUT2D eigenvalue weighted by Crippen LogP contribution is 2.12. The summed E-state index contributed by atoms with van der Waals surface area (Å²) in [6.07, 6.45) is 4.57. The van der Waals surface area contributed by atoms with E-state index in [1.165, 1.54) is 0 Å². The molecule has 70 valence electrons. The smallest absolute Gasteiger partial charge is 0.158 e. The molecule has 1 N–H and O–H groups in total. The Bertz CT molecular complexity index is 244. The second-order valence-electron chi connectivity index (χ2n) is 3.02. The van der Waals surface area contributed by atoms with Crippen molar-refractivity contribution in [2.24, 2.45) is 0 Å². The van der Waals surface area contributed by atoms with E-state index in [1.807, 2.05) is 6.07 Å². The molecule has 1 fully saturated rings. The van der Waals surface area contributed by atoms with Gasteiger partial charge < -0.3 is 10.1 Å². The zero-order chi connectivity index (χ0) is 8.93. The van der Waals surface area contributed by atoms with Gasteiger partial charge in [0.15, 0.2) is 5.82 Å². The number of hydrogen-bond acceptors (Lipinski definition) is 4. The maximum Gasteiger partial charge on any atom is 0.158 e. The molecule has 0 amide bonds. The Morgan fingerprint density at radius 1 is 1.38 bits per heavy atom. The Morgan fingerprint density at radius 2 is 2.23 bits per heavy atom. The average molecular weight is 179 g/mol. The Hall–Kier alpha value is -1.00. The summed E-state index contributed by atoms with van der Waals surface area (Å²) in [4.78, 5) is 8.34. The van der Waals surface area contributed by atoms with E-state index in [0.29, 0.717) is 0 Å². The van der Waals surface area contributed by atoms with Crippen LogP contribution >= 0.6 is 0 Å². The minimum atomic E-state index is 0.0173. The first-order valence-electron chi connectivity index (χ1n) is 4.56. The molecule has 1 aromatic rings. The summed E-state index contributed by atoms with van der Waals surface area (Å²) < 4.78 is 5.60. The third-order valence-corrected chi connectivity index (χ3v) is 2.02. The molecule has 0 radical (unpaired) electrons. The zero-order valence-electron chi connectivity index (χ0n) is 7.44. The van der Waals surface area contributed by atoms with Gasteiger partial charge in [-0.25, -0.2) is 9.97 Å². The topological polar surface area (TPSA) is 47.0 Å².